The van der Waals surface area contributed by atoms with Gasteiger partial charge in [0.15, 0.2) is 0 Å². The minimum absolute atomic E-state index is 0.117. The smallest absolute Gasteiger partial charge is 0.326 e. The third-order valence-corrected chi connectivity index (χ3v) is 4.83. The van der Waals surface area contributed by atoms with Crippen LogP contribution < -0.4 is 21.3 Å². The maximum absolute atomic E-state index is 12.5. The zero-order chi connectivity index (χ0) is 23.6. The molecule has 31 heavy (non-hydrogen) atoms. The average Bonchev–Trinajstić information content (AvgIpc) is 3.22. The van der Waals surface area contributed by atoms with Crippen molar-refractivity contribution in [2.45, 2.75) is 56.3 Å². The number of carboxylic acids is 3. The lowest BCUT2D eigenvalue weighted by molar-refractivity contribution is -0.147. The molecule has 4 unspecified atom stereocenters. The minimum atomic E-state index is -1.77. The van der Waals surface area contributed by atoms with E-state index in [1.807, 2.05) is 5.32 Å². The van der Waals surface area contributed by atoms with Crippen molar-refractivity contribution < 1.29 is 44.1 Å². The van der Waals surface area contributed by atoms with Crippen LogP contribution >= 0.6 is 12.6 Å². The average molecular weight is 462 g/mol. The summed E-state index contributed by atoms with van der Waals surface area (Å²) in [4.78, 5) is 70.0. The van der Waals surface area contributed by atoms with E-state index in [0.29, 0.717) is 13.0 Å². The van der Waals surface area contributed by atoms with Crippen LogP contribution in [-0.2, 0) is 28.8 Å². The summed E-state index contributed by atoms with van der Waals surface area (Å²) in [6, 6.07) is -4.84. The molecule has 0 aromatic rings. The minimum Gasteiger partial charge on any atom is -0.481 e. The fourth-order valence-corrected chi connectivity index (χ4v) is 3.09. The SMILES string of the molecule is O=C(O)CCC(NC(=O)C(CS)NC(=O)C1CCCN1)C(=O)NC(CC(=O)O)C(=O)O. The van der Waals surface area contributed by atoms with Crippen LogP contribution in [0.15, 0.2) is 0 Å². The van der Waals surface area contributed by atoms with E-state index in [9.17, 15) is 28.8 Å². The molecule has 0 bridgehead atoms. The largest absolute Gasteiger partial charge is 0.481 e. The highest BCUT2D eigenvalue weighted by atomic mass is 32.1. The molecule has 1 fully saturated rings. The Morgan fingerprint density at radius 3 is 2.00 bits per heavy atom. The first kappa shape index (κ1) is 26.2. The summed E-state index contributed by atoms with van der Waals surface area (Å²) in [5.74, 6) is -6.78. The number of nitrogens with one attached hydrogen (secondary N) is 4. The summed E-state index contributed by atoms with van der Waals surface area (Å²) < 4.78 is 0. The number of hydrogen-bond donors (Lipinski definition) is 8. The first-order chi connectivity index (χ1) is 14.5. The summed E-state index contributed by atoms with van der Waals surface area (Å²) in [5, 5.41) is 36.4. The summed E-state index contributed by atoms with van der Waals surface area (Å²) >= 11 is 4.02. The van der Waals surface area contributed by atoms with E-state index in [0.717, 1.165) is 6.42 Å². The van der Waals surface area contributed by atoms with Crippen molar-refractivity contribution >= 4 is 48.3 Å². The highest BCUT2D eigenvalue weighted by molar-refractivity contribution is 7.80. The van der Waals surface area contributed by atoms with Crippen molar-refractivity contribution in [3.8, 4) is 0 Å². The molecule has 1 heterocycles. The molecule has 0 saturated carbocycles. The van der Waals surface area contributed by atoms with Crippen LogP contribution in [-0.4, -0.2) is 87.4 Å². The number of aliphatic carboxylic acids is 3. The van der Waals surface area contributed by atoms with Crippen LogP contribution in [0.3, 0.4) is 0 Å². The van der Waals surface area contributed by atoms with Crippen molar-refractivity contribution in [3.05, 3.63) is 0 Å². The van der Waals surface area contributed by atoms with E-state index >= 15 is 0 Å². The molecule has 14 heteroatoms. The van der Waals surface area contributed by atoms with Gasteiger partial charge in [-0.25, -0.2) is 4.79 Å². The Morgan fingerprint density at radius 1 is 0.903 bits per heavy atom. The lowest BCUT2D eigenvalue weighted by atomic mass is 10.1. The Bertz CT molecular complexity index is 712. The Labute approximate surface area is 182 Å². The highest BCUT2D eigenvalue weighted by Gasteiger charge is 2.31. The van der Waals surface area contributed by atoms with Crippen LogP contribution in [0.4, 0.5) is 0 Å². The zero-order valence-electron chi connectivity index (χ0n) is 16.5. The number of carbonyl (C=O) groups excluding carboxylic acids is 3. The first-order valence-corrected chi connectivity index (χ1v) is 10.1. The molecule has 7 N–H and O–H groups in total. The molecule has 0 aromatic heterocycles. The van der Waals surface area contributed by atoms with E-state index in [1.54, 1.807) is 0 Å². The standard InChI is InChI=1S/C17H26N4O9S/c22-12(23)4-3-9(15(27)20-10(17(29)30)6-13(24)25)19-16(28)11(7-31)21-14(26)8-2-1-5-18-8/h8-11,18,31H,1-7H2,(H,19,28)(H,20,27)(H,21,26)(H,22,23)(H,24,25)(H,29,30). The van der Waals surface area contributed by atoms with Gasteiger partial charge in [-0.2, -0.15) is 12.6 Å². The zero-order valence-corrected chi connectivity index (χ0v) is 17.4. The summed E-state index contributed by atoms with van der Waals surface area (Å²) in [6.07, 6.45) is -0.433. The second kappa shape index (κ2) is 12.7. The van der Waals surface area contributed by atoms with Crippen LogP contribution in [0.1, 0.15) is 32.1 Å². The van der Waals surface area contributed by atoms with Gasteiger partial charge in [-0.05, 0) is 25.8 Å². The topological polar surface area (TPSA) is 211 Å². The molecule has 1 aliphatic rings. The van der Waals surface area contributed by atoms with Crippen molar-refractivity contribution in [1.82, 2.24) is 21.3 Å². The fraction of sp³-hybridized carbons (Fsp3) is 0.647. The van der Waals surface area contributed by atoms with Gasteiger partial charge >= 0.3 is 17.9 Å². The molecule has 1 saturated heterocycles. The van der Waals surface area contributed by atoms with Crippen LogP contribution in [0.5, 0.6) is 0 Å². The number of carboxylic acid groups (broad SMARTS) is 3. The lowest BCUT2D eigenvalue weighted by Gasteiger charge is -2.24. The molecule has 0 spiro atoms. The van der Waals surface area contributed by atoms with Gasteiger partial charge in [0.05, 0.1) is 12.5 Å². The Hall–Kier alpha value is -2.87. The highest BCUT2D eigenvalue weighted by Crippen LogP contribution is 2.06. The number of hydrogen-bond acceptors (Lipinski definition) is 8. The Balaban J connectivity index is 2.84. The van der Waals surface area contributed by atoms with Crippen molar-refractivity contribution in [3.63, 3.8) is 0 Å². The molecule has 13 nitrogen and oxygen atoms in total. The van der Waals surface area contributed by atoms with E-state index in [4.69, 9.17) is 15.3 Å². The maximum atomic E-state index is 12.5. The summed E-state index contributed by atoms with van der Waals surface area (Å²) in [5.41, 5.74) is 0. The van der Waals surface area contributed by atoms with Gasteiger partial charge in [-0.3, -0.25) is 24.0 Å². The van der Waals surface area contributed by atoms with Gasteiger partial charge in [-0.15, -0.1) is 0 Å². The molecule has 4 atom stereocenters. The number of carbonyl (C=O) groups is 6. The Morgan fingerprint density at radius 2 is 1.52 bits per heavy atom. The van der Waals surface area contributed by atoms with E-state index in [2.05, 4.69) is 28.6 Å². The van der Waals surface area contributed by atoms with Crippen LogP contribution in [0, 0.1) is 0 Å². The number of thiol groups is 1. The van der Waals surface area contributed by atoms with E-state index < -0.39 is 72.6 Å². The van der Waals surface area contributed by atoms with Gasteiger partial charge in [-0.1, -0.05) is 0 Å². The summed E-state index contributed by atoms with van der Waals surface area (Å²) in [6.45, 7) is 0.661. The number of amides is 3. The molecule has 3 amide bonds. The fourth-order valence-electron chi connectivity index (χ4n) is 2.83. The molecule has 0 radical (unpaired) electrons. The van der Waals surface area contributed by atoms with Crippen LogP contribution in [0.25, 0.3) is 0 Å². The molecule has 0 aliphatic carbocycles. The molecule has 174 valence electrons. The van der Waals surface area contributed by atoms with Crippen molar-refractivity contribution in [2.75, 3.05) is 12.3 Å². The third kappa shape index (κ3) is 9.21. The van der Waals surface area contributed by atoms with Gasteiger partial charge in [0.1, 0.15) is 18.1 Å². The predicted octanol–water partition coefficient (Wildman–Crippen LogP) is -2.45. The molecule has 0 aromatic carbocycles. The van der Waals surface area contributed by atoms with Crippen LogP contribution in [0.2, 0.25) is 0 Å². The van der Waals surface area contributed by atoms with Crippen molar-refractivity contribution in [2.24, 2.45) is 0 Å². The van der Waals surface area contributed by atoms with Gasteiger partial charge < -0.3 is 36.6 Å². The van der Waals surface area contributed by atoms with Gasteiger partial charge in [0.25, 0.3) is 0 Å². The first-order valence-electron chi connectivity index (χ1n) is 9.46. The third-order valence-electron chi connectivity index (χ3n) is 4.47. The second-order valence-corrected chi connectivity index (χ2v) is 7.25. The van der Waals surface area contributed by atoms with Gasteiger partial charge in [0, 0.05) is 12.2 Å². The predicted molar refractivity (Wildman–Crippen MR) is 107 cm³/mol. The quantitative estimate of drug-likeness (QED) is 0.135. The van der Waals surface area contributed by atoms with Gasteiger partial charge in [0.2, 0.25) is 17.7 Å². The Kier molecular flexibility index (Phi) is 10.8. The maximum Gasteiger partial charge on any atom is 0.326 e. The molecule has 1 rings (SSSR count). The second-order valence-electron chi connectivity index (χ2n) is 6.88. The van der Waals surface area contributed by atoms with E-state index in [1.165, 1.54) is 0 Å². The monoisotopic (exact) mass is 462 g/mol. The normalized spacial score (nSPS) is 18.3. The van der Waals surface area contributed by atoms with E-state index in [-0.39, 0.29) is 12.2 Å². The molecule has 1 aliphatic heterocycles. The lowest BCUT2D eigenvalue weighted by Crippen LogP contribution is -2.57. The van der Waals surface area contributed by atoms with Crippen molar-refractivity contribution in [1.29, 1.82) is 0 Å². The number of rotatable bonds is 13. The molecular formula is C17H26N4O9S. The summed E-state index contributed by atoms with van der Waals surface area (Å²) in [7, 11) is 0. The molecular weight excluding hydrogens is 436 g/mol.